The summed E-state index contributed by atoms with van der Waals surface area (Å²) >= 11 is 7.66. The Kier molecular flexibility index (Phi) is 5.42. The van der Waals surface area contributed by atoms with E-state index < -0.39 is 0 Å². The van der Waals surface area contributed by atoms with Crippen LogP contribution in [0.4, 0.5) is 5.13 Å². The summed E-state index contributed by atoms with van der Waals surface area (Å²) in [6.07, 6.45) is 0.971. The number of hydrogen-bond acceptors (Lipinski definition) is 3. The van der Waals surface area contributed by atoms with E-state index in [1.54, 1.807) is 40.5 Å². The van der Waals surface area contributed by atoms with Crippen molar-refractivity contribution in [1.29, 1.82) is 0 Å². The van der Waals surface area contributed by atoms with E-state index in [0.29, 0.717) is 22.3 Å². The minimum atomic E-state index is -0.110. The Hall–Kier alpha value is -2.69. The van der Waals surface area contributed by atoms with Crippen molar-refractivity contribution in [3.05, 3.63) is 94.5 Å². The highest BCUT2D eigenvalue weighted by molar-refractivity contribution is 7.22. The minimum absolute atomic E-state index is 0.110. The number of anilines is 1. The first-order chi connectivity index (χ1) is 13.6. The summed E-state index contributed by atoms with van der Waals surface area (Å²) in [5, 5.41) is 1.24. The molecule has 0 aliphatic heterocycles. The summed E-state index contributed by atoms with van der Waals surface area (Å²) in [4.78, 5) is 19.8. The SMILES string of the molecule is CCc1ccc2nc(N(Cc3ccccc3)C(=O)c3cccc(Cl)c3)sc2c1. The van der Waals surface area contributed by atoms with Gasteiger partial charge in [-0.05, 0) is 47.9 Å². The number of rotatable bonds is 5. The van der Waals surface area contributed by atoms with Crippen LogP contribution >= 0.6 is 22.9 Å². The molecule has 0 saturated carbocycles. The van der Waals surface area contributed by atoms with Crippen molar-refractivity contribution in [2.45, 2.75) is 19.9 Å². The first kappa shape index (κ1) is 18.7. The van der Waals surface area contributed by atoms with Crippen LogP contribution < -0.4 is 4.90 Å². The average molecular weight is 407 g/mol. The van der Waals surface area contributed by atoms with E-state index in [1.165, 1.54) is 5.56 Å². The number of carbonyl (C=O) groups is 1. The van der Waals surface area contributed by atoms with E-state index in [-0.39, 0.29) is 5.91 Å². The molecule has 0 unspecified atom stereocenters. The minimum Gasteiger partial charge on any atom is -0.279 e. The second-order valence-corrected chi connectivity index (χ2v) is 7.98. The van der Waals surface area contributed by atoms with Crippen LogP contribution in [0.3, 0.4) is 0 Å². The molecule has 5 heteroatoms. The third-order valence-corrected chi connectivity index (χ3v) is 5.86. The topological polar surface area (TPSA) is 33.2 Å². The molecule has 1 heterocycles. The fourth-order valence-electron chi connectivity index (χ4n) is 3.06. The largest absolute Gasteiger partial charge is 0.279 e. The molecule has 4 rings (SSSR count). The van der Waals surface area contributed by atoms with Crippen LogP contribution in [0.2, 0.25) is 5.02 Å². The summed E-state index contributed by atoms with van der Waals surface area (Å²) < 4.78 is 1.09. The van der Waals surface area contributed by atoms with Crippen LogP contribution in [0.15, 0.2) is 72.8 Å². The smallest absolute Gasteiger partial charge is 0.260 e. The predicted octanol–water partition coefficient (Wildman–Crippen LogP) is 6.36. The first-order valence-electron chi connectivity index (χ1n) is 9.15. The molecule has 0 N–H and O–H groups in total. The molecule has 1 amide bonds. The summed E-state index contributed by atoms with van der Waals surface area (Å²) in [7, 11) is 0. The lowest BCUT2D eigenvalue weighted by Crippen LogP contribution is -2.30. The number of carbonyl (C=O) groups excluding carboxylic acids is 1. The van der Waals surface area contributed by atoms with E-state index in [0.717, 1.165) is 22.2 Å². The third kappa shape index (κ3) is 3.93. The van der Waals surface area contributed by atoms with Gasteiger partial charge in [-0.3, -0.25) is 9.69 Å². The Morgan fingerprint density at radius 1 is 1.00 bits per heavy atom. The molecule has 28 heavy (non-hydrogen) atoms. The fourth-order valence-corrected chi connectivity index (χ4v) is 4.28. The molecule has 1 aromatic heterocycles. The molecule has 0 aliphatic carbocycles. The third-order valence-electron chi connectivity index (χ3n) is 4.58. The van der Waals surface area contributed by atoms with E-state index in [4.69, 9.17) is 16.6 Å². The molecule has 0 bridgehead atoms. The fraction of sp³-hybridized carbons (Fsp3) is 0.130. The molecule has 0 saturated heterocycles. The van der Waals surface area contributed by atoms with Gasteiger partial charge < -0.3 is 0 Å². The van der Waals surface area contributed by atoms with Crippen LogP contribution in [-0.4, -0.2) is 10.9 Å². The predicted molar refractivity (Wildman–Crippen MR) is 117 cm³/mol. The Bertz CT molecular complexity index is 1120. The lowest BCUT2D eigenvalue weighted by molar-refractivity contribution is 0.0985. The maximum atomic E-state index is 13.3. The molecule has 3 aromatic carbocycles. The number of benzene rings is 3. The number of fused-ring (bicyclic) bond motifs is 1. The van der Waals surface area contributed by atoms with Gasteiger partial charge >= 0.3 is 0 Å². The zero-order valence-electron chi connectivity index (χ0n) is 15.4. The molecule has 0 fully saturated rings. The van der Waals surface area contributed by atoms with Gasteiger partial charge in [-0.2, -0.15) is 0 Å². The number of thiazole rings is 1. The number of nitrogens with zero attached hydrogens (tertiary/aromatic N) is 2. The monoisotopic (exact) mass is 406 g/mol. The van der Waals surface area contributed by atoms with Crippen molar-refractivity contribution in [1.82, 2.24) is 4.98 Å². The van der Waals surface area contributed by atoms with Crippen molar-refractivity contribution < 1.29 is 4.79 Å². The highest BCUT2D eigenvalue weighted by Gasteiger charge is 2.22. The van der Waals surface area contributed by atoms with Gasteiger partial charge in [0.1, 0.15) is 0 Å². The van der Waals surface area contributed by atoms with Crippen LogP contribution in [0, 0.1) is 0 Å². The van der Waals surface area contributed by atoms with E-state index in [9.17, 15) is 4.79 Å². The number of halogens is 1. The van der Waals surface area contributed by atoms with E-state index >= 15 is 0 Å². The first-order valence-corrected chi connectivity index (χ1v) is 10.3. The summed E-state index contributed by atoms with van der Waals surface area (Å²) in [6, 6.07) is 23.3. The standard InChI is InChI=1S/C23H19ClN2OS/c1-2-16-11-12-20-21(13-16)28-23(25-20)26(15-17-7-4-3-5-8-17)22(27)18-9-6-10-19(24)14-18/h3-14H,2,15H2,1H3. The van der Waals surface area contributed by atoms with Gasteiger partial charge in [-0.15, -0.1) is 0 Å². The lowest BCUT2D eigenvalue weighted by atomic mass is 10.1. The molecule has 3 nitrogen and oxygen atoms in total. The molecular formula is C23H19ClN2OS. The average Bonchev–Trinajstić information content (AvgIpc) is 3.15. The molecule has 0 atom stereocenters. The van der Waals surface area contributed by atoms with E-state index in [1.807, 2.05) is 36.4 Å². The van der Waals surface area contributed by atoms with Gasteiger partial charge in [0.2, 0.25) is 0 Å². The quantitative estimate of drug-likeness (QED) is 0.386. The highest BCUT2D eigenvalue weighted by atomic mass is 35.5. The second-order valence-electron chi connectivity index (χ2n) is 6.54. The van der Waals surface area contributed by atoms with Crippen molar-refractivity contribution in [3.8, 4) is 0 Å². The molecule has 140 valence electrons. The summed E-state index contributed by atoms with van der Waals surface area (Å²) in [6.45, 7) is 2.58. The zero-order chi connectivity index (χ0) is 19.5. The Labute approximate surface area is 173 Å². The zero-order valence-corrected chi connectivity index (χ0v) is 17.0. The van der Waals surface area contributed by atoms with Crippen LogP contribution in [0.5, 0.6) is 0 Å². The maximum Gasteiger partial charge on any atom is 0.260 e. The molecule has 4 aromatic rings. The normalized spacial score (nSPS) is 10.9. The van der Waals surface area contributed by atoms with Crippen molar-refractivity contribution in [2.75, 3.05) is 4.90 Å². The van der Waals surface area contributed by atoms with Crippen LogP contribution in [0.25, 0.3) is 10.2 Å². The molecule has 0 aliphatic rings. The number of aromatic nitrogens is 1. The number of aryl methyl sites for hydroxylation is 1. The lowest BCUT2D eigenvalue weighted by Gasteiger charge is -2.20. The highest BCUT2D eigenvalue weighted by Crippen LogP contribution is 2.32. The van der Waals surface area contributed by atoms with Gasteiger partial charge in [-0.1, -0.05) is 72.3 Å². The maximum absolute atomic E-state index is 13.3. The van der Waals surface area contributed by atoms with Crippen molar-refractivity contribution in [2.24, 2.45) is 0 Å². The molecule has 0 spiro atoms. The Morgan fingerprint density at radius 2 is 1.82 bits per heavy atom. The number of amides is 1. The molecular weight excluding hydrogens is 388 g/mol. The van der Waals surface area contributed by atoms with E-state index in [2.05, 4.69) is 19.1 Å². The van der Waals surface area contributed by atoms with Gasteiger partial charge in [-0.25, -0.2) is 4.98 Å². The molecule has 0 radical (unpaired) electrons. The number of hydrogen-bond donors (Lipinski definition) is 0. The van der Waals surface area contributed by atoms with Crippen LogP contribution in [0.1, 0.15) is 28.4 Å². The van der Waals surface area contributed by atoms with Gasteiger partial charge in [0.05, 0.1) is 16.8 Å². The van der Waals surface area contributed by atoms with Gasteiger partial charge in [0, 0.05) is 10.6 Å². The summed E-state index contributed by atoms with van der Waals surface area (Å²) in [5.41, 5.74) is 3.77. The summed E-state index contributed by atoms with van der Waals surface area (Å²) in [5.74, 6) is -0.110. The van der Waals surface area contributed by atoms with Crippen molar-refractivity contribution in [3.63, 3.8) is 0 Å². The van der Waals surface area contributed by atoms with Gasteiger partial charge in [0.15, 0.2) is 5.13 Å². The Balaban J connectivity index is 1.77. The van der Waals surface area contributed by atoms with Gasteiger partial charge in [0.25, 0.3) is 5.91 Å². The van der Waals surface area contributed by atoms with Crippen LogP contribution in [-0.2, 0) is 13.0 Å². The second kappa shape index (κ2) is 8.13. The Morgan fingerprint density at radius 3 is 2.57 bits per heavy atom. The van der Waals surface area contributed by atoms with Crippen molar-refractivity contribution >= 4 is 44.2 Å².